The van der Waals surface area contributed by atoms with E-state index in [2.05, 4.69) is 15.3 Å². The van der Waals surface area contributed by atoms with Crippen molar-refractivity contribution >= 4 is 22.5 Å². The van der Waals surface area contributed by atoms with Gasteiger partial charge in [0.1, 0.15) is 18.1 Å². The molecule has 9 nitrogen and oxygen atoms in total. The van der Waals surface area contributed by atoms with Crippen LogP contribution in [0, 0.1) is 11.6 Å². The maximum Gasteiger partial charge on any atom is 0.261 e. The zero-order chi connectivity index (χ0) is 27.5. The number of aromatic nitrogens is 2. The molecule has 4 aromatic rings. The number of hydrogen-bond donors (Lipinski definition) is 2. The highest BCUT2D eigenvalue weighted by Crippen LogP contribution is 2.39. The number of halogens is 2. The third kappa shape index (κ3) is 5.99. The van der Waals surface area contributed by atoms with Gasteiger partial charge in [-0.05, 0) is 38.0 Å². The Hall–Kier alpha value is -4.51. The molecule has 0 spiro atoms. The molecule has 1 atom stereocenters. The molecule has 0 saturated heterocycles. The molecule has 0 radical (unpaired) electrons. The number of aliphatic hydroxyl groups excluding tert-OH is 1. The van der Waals surface area contributed by atoms with Crippen LogP contribution in [-0.4, -0.2) is 46.9 Å². The molecule has 1 aliphatic rings. The predicted molar refractivity (Wildman–Crippen MR) is 138 cm³/mol. The molecular formula is C28H25F2N3O6. The van der Waals surface area contributed by atoms with Crippen molar-refractivity contribution in [2.75, 3.05) is 19.0 Å². The average molecular weight is 538 g/mol. The SMILES string of the molecule is COc1cc2c(Oc3c(F)cc(NC(=O)c4cnccc4OC4CC4)cc3F)ccnc2cc1OCC(C)O. The van der Waals surface area contributed by atoms with Gasteiger partial charge in [0, 0.05) is 47.9 Å². The molecule has 2 aromatic heterocycles. The number of methoxy groups -OCH3 is 1. The normalized spacial score (nSPS) is 13.6. The number of ether oxygens (including phenoxy) is 4. The molecule has 2 heterocycles. The number of hydrogen-bond acceptors (Lipinski definition) is 8. The molecule has 1 saturated carbocycles. The number of carbonyl (C=O) groups excluding carboxylic acids is 1. The molecule has 0 aliphatic heterocycles. The summed E-state index contributed by atoms with van der Waals surface area (Å²) in [6.45, 7) is 1.62. The topological polar surface area (TPSA) is 112 Å². The van der Waals surface area contributed by atoms with Crippen LogP contribution in [-0.2, 0) is 0 Å². The molecule has 1 amide bonds. The van der Waals surface area contributed by atoms with E-state index in [9.17, 15) is 9.90 Å². The minimum absolute atomic E-state index is 0.0347. The molecule has 39 heavy (non-hydrogen) atoms. The van der Waals surface area contributed by atoms with Crippen molar-refractivity contribution in [2.24, 2.45) is 0 Å². The van der Waals surface area contributed by atoms with E-state index in [0.717, 1.165) is 25.0 Å². The van der Waals surface area contributed by atoms with Crippen LogP contribution in [0.5, 0.6) is 28.7 Å². The van der Waals surface area contributed by atoms with Crippen molar-refractivity contribution in [3.63, 3.8) is 0 Å². The summed E-state index contributed by atoms with van der Waals surface area (Å²) in [5.74, 6) is -2.20. The van der Waals surface area contributed by atoms with E-state index < -0.39 is 29.4 Å². The monoisotopic (exact) mass is 537 g/mol. The Morgan fingerprint density at radius 1 is 1.08 bits per heavy atom. The number of nitrogens with one attached hydrogen (secondary N) is 1. The van der Waals surface area contributed by atoms with E-state index in [1.54, 1.807) is 25.1 Å². The first-order valence-electron chi connectivity index (χ1n) is 12.2. The number of carbonyl (C=O) groups is 1. The van der Waals surface area contributed by atoms with Crippen LogP contribution in [0.4, 0.5) is 14.5 Å². The zero-order valence-corrected chi connectivity index (χ0v) is 21.1. The highest BCUT2D eigenvalue weighted by atomic mass is 19.1. The van der Waals surface area contributed by atoms with Crippen LogP contribution in [0.2, 0.25) is 0 Å². The Morgan fingerprint density at radius 3 is 2.51 bits per heavy atom. The van der Waals surface area contributed by atoms with E-state index in [1.807, 2.05) is 0 Å². The summed E-state index contributed by atoms with van der Waals surface area (Å²) < 4.78 is 52.4. The van der Waals surface area contributed by atoms with Crippen molar-refractivity contribution in [3.8, 4) is 28.7 Å². The van der Waals surface area contributed by atoms with Crippen molar-refractivity contribution in [3.05, 3.63) is 72.2 Å². The number of aliphatic hydroxyl groups is 1. The summed E-state index contributed by atoms with van der Waals surface area (Å²) in [6.07, 6.45) is 5.41. The fraction of sp³-hybridized carbons (Fsp3) is 0.250. The van der Waals surface area contributed by atoms with E-state index in [0.29, 0.717) is 28.2 Å². The zero-order valence-electron chi connectivity index (χ0n) is 21.1. The minimum atomic E-state index is -1.03. The van der Waals surface area contributed by atoms with Crippen molar-refractivity contribution in [1.29, 1.82) is 0 Å². The number of rotatable bonds is 10. The van der Waals surface area contributed by atoms with Crippen molar-refractivity contribution in [1.82, 2.24) is 9.97 Å². The Labute approximate surface area is 222 Å². The van der Waals surface area contributed by atoms with Gasteiger partial charge in [-0.3, -0.25) is 14.8 Å². The first kappa shape index (κ1) is 26.1. The van der Waals surface area contributed by atoms with Crippen molar-refractivity contribution < 1.29 is 37.6 Å². The molecule has 11 heteroatoms. The highest BCUT2D eigenvalue weighted by molar-refractivity contribution is 6.06. The van der Waals surface area contributed by atoms with Crippen LogP contribution < -0.4 is 24.3 Å². The van der Waals surface area contributed by atoms with Crippen LogP contribution in [0.25, 0.3) is 10.9 Å². The highest BCUT2D eigenvalue weighted by Gasteiger charge is 2.26. The second-order valence-electron chi connectivity index (χ2n) is 9.00. The van der Waals surface area contributed by atoms with E-state index in [-0.39, 0.29) is 29.7 Å². The summed E-state index contributed by atoms with van der Waals surface area (Å²) in [7, 11) is 1.44. The summed E-state index contributed by atoms with van der Waals surface area (Å²) in [5.41, 5.74) is 0.462. The summed E-state index contributed by atoms with van der Waals surface area (Å²) in [4.78, 5) is 21.0. The van der Waals surface area contributed by atoms with Gasteiger partial charge in [-0.1, -0.05) is 0 Å². The van der Waals surface area contributed by atoms with Crippen LogP contribution in [0.15, 0.2) is 55.0 Å². The molecule has 1 aliphatic carbocycles. The molecule has 0 bridgehead atoms. The van der Waals surface area contributed by atoms with Crippen LogP contribution in [0.3, 0.4) is 0 Å². The van der Waals surface area contributed by atoms with E-state index >= 15 is 8.78 Å². The molecule has 1 fully saturated rings. The Morgan fingerprint density at radius 2 is 1.82 bits per heavy atom. The van der Waals surface area contributed by atoms with Crippen LogP contribution in [0.1, 0.15) is 30.1 Å². The number of amides is 1. The maximum atomic E-state index is 15.1. The number of fused-ring (bicyclic) bond motifs is 1. The molecule has 2 N–H and O–H groups in total. The fourth-order valence-corrected chi connectivity index (χ4v) is 3.76. The van der Waals surface area contributed by atoms with E-state index in [4.69, 9.17) is 18.9 Å². The van der Waals surface area contributed by atoms with Crippen LogP contribution >= 0.6 is 0 Å². The van der Waals surface area contributed by atoms with Crippen molar-refractivity contribution in [2.45, 2.75) is 32.0 Å². The standard InChI is InChI=1S/C28H25F2N3O6/c1-15(34)14-37-26-12-22-18(11-25(26)36-2)23(6-8-32-22)39-27-20(29)9-16(10-21(27)30)33-28(35)19-13-31-7-5-24(19)38-17-3-4-17/h5-13,15,17,34H,3-4,14H2,1-2H3,(H,33,35). The van der Waals surface area contributed by atoms with Gasteiger partial charge in [0.05, 0.1) is 30.4 Å². The maximum absolute atomic E-state index is 15.1. The summed E-state index contributed by atoms with van der Waals surface area (Å²) >= 11 is 0. The summed E-state index contributed by atoms with van der Waals surface area (Å²) in [6, 6.07) is 8.08. The molecule has 5 rings (SSSR count). The van der Waals surface area contributed by atoms with Gasteiger partial charge in [-0.25, -0.2) is 8.78 Å². The molecular weight excluding hydrogens is 512 g/mol. The van der Waals surface area contributed by atoms with Gasteiger partial charge in [0.25, 0.3) is 5.91 Å². The van der Waals surface area contributed by atoms with Gasteiger partial charge in [0.15, 0.2) is 28.9 Å². The van der Waals surface area contributed by atoms with Gasteiger partial charge in [0.2, 0.25) is 0 Å². The predicted octanol–water partition coefficient (Wildman–Crippen LogP) is 5.26. The molecule has 202 valence electrons. The quantitative estimate of drug-likeness (QED) is 0.282. The second-order valence-corrected chi connectivity index (χ2v) is 9.00. The Balaban J connectivity index is 1.39. The average Bonchev–Trinajstić information content (AvgIpc) is 3.73. The second kappa shape index (κ2) is 11.1. The molecule has 2 aromatic carbocycles. The van der Waals surface area contributed by atoms with Gasteiger partial charge >= 0.3 is 0 Å². The summed E-state index contributed by atoms with van der Waals surface area (Å²) in [5, 5.41) is 12.4. The van der Waals surface area contributed by atoms with E-state index in [1.165, 1.54) is 31.8 Å². The number of anilines is 1. The van der Waals surface area contributed by atoms with Gasteiger partial charge in [-0.15, -0.1) is 0 Å². The lowest BCUT2D eigenvalue weighted by molar-refractivity contribution is 0.102. The van der Waals surface area contributed by atoms with Gasteiger partial charge in [-0.2, -0.15) is 0 Å². The lowest BCUT2D eigenvalue weighted by Crippen LogP contribution is -2.15. The largest absolute Gasteiger partial charge is 0.493 e. The first-order valence-corrected chi connectivity index (χ1v) is 12.2. The third-order valence-corrected chi connectivity index (χ3v) is 5.78. The Kier molecular flexibility index (Phi) is 7.42. The van der Waals surface area contributed by atoms with Gasteiger partial charge < -0.3 is 29.4 Å². The minimum Gasteiger partial charge on any atom is -0.493 e. The molecule has 1 unspecified atom stereocenters. The third-order valence-electron chi connectivity index (χ3n) is 5.78. The smallest absolute Gasteiger partial charge is 0.261 e. The number of pyridine rings is 2. The fourth-order valence-electron chi connectivity index (χ4n) is 3.76. The first-order chi connectivity index (χ1) is 18.8. The number of benzene rings is 2. The lowest BCUT2D eigenvalue weighted by atomic mass is 10.1. The number of nitrogens with zero attached hydrogens (tertiary/aromatic N) is 2. The lowest BCUT2D eigenvalue weighted by Gasteiger charge is -2.15. The Bertz CT molecular complexity index is 1500.